The lowest BCUT2D eigenvalue weighted by atomic mass is 9.94. The molecule has 0 unspecified atom stereocenters. The molecule has 1 N–H and O–H groups in total. The number of hydrogen-bond donors (Lipinski definition) is 1. The first kappa shape index (κ1) is 13.7. The van der Waals surface area contributed by atoms with E-state index in [4.69, 9.17) is 0 Å². The summed E-state index contributed by atoms with van der Waals surface area (Å²) < 4.78 is 12.8. The van der Waals surface area contributed by atoms with Crippen LogP contribution in [0.3, 0.4) is 0 Å². The van der Waals surface area contributed by atoms with Crippen molar-refractivity contribution in [1.29, 1.82) is 0 Å². The fraction of sp³-hybridized carbons (Fsp3) is 0.500. The molecule has 0 aliphatic rings. The fourth-order valence-corrected chi connectivity index (χ4v) is 1.69. The number of carbonyl (C=O) groups excluding carboxylic acids is 1. The van der Waals surface area contributed by atoms with Crippen LogP contribution in [0.2, 0.25) is 0 Å². The van der Waals surface area contributed by atoms with Gasteiger partial charge in [-0.05, 0) is 38.0 Å². The number of rotatable bonds is 5. The van der Waals surface area contributed by atoms with Crippen LogP contribution in [0.5, 0.6) is 0 Å². The van der Waals surface area contributed by atoms with Gasteiger partial charge in [0, 0.05) is 6.42 Å². The van der Waals surface area contributed by atoms with Gasteiger partial charge in [-0.15, -0.1) is 0 Å². The molecule has 0 spiro atoms. The van der Waals surface area contributed by atoms with Crippen molar-refractivity contribution >= 4 is 5.91 Å². The summed E-state index contributed by atoms with van der Waals surface area (Å²) in [7, 11) is 0. The van der Waals surface area contributed by atoms with Crippen molar-refractivity contribution in [3.63, 3.8) is 0 Å². The summed E-state index contributed by atoms with van der Waals surface area (Å²) in [5.41, 5.74) is 0.446. The van der Waals surface area contributed by atoms with Crippen LogP contribution in [-0.2, 0) is 10.3 Å². The van der Waals surface area contributed by atoms with Gasteiger partial charge in [0.2, 0.25) is 5.91 Å². The predicted molar refractivity (Wildman–Crippen MR) is 67.1 cm³/mol. The first-order valence-electron chi connectivity index (χ1n) is 6.03. The third-order valence-corrected chi connectivity index (χ3v) is 2.78. The number of unbranched alkanes of at least 4 members (excludes halogenated alkanes) is 1. The molecule has 1 aromatic carbocycles. The molecule has 1 amide bonds. The molecule has 0 radical (unpaired) electrons. The first-order valence-corrected chi connectivity index (χ1v) is 6.03. The summed E-state index contributed by atoms with van der Waals surface area (Å²) in [6.07, 6.45) is 2.44. The largest absolute Gasteiger partial charge is 0.347 e. The number of carbonyl (C=O) groups is 1. The van der Waals surface area contributed by atoms with Crippen molar-refractivity contribution in [2.75, 3.05) is 0 Å². The van der Waals surface area contributed by atoms with Gasteiger partial charge in [-0.3, -0.25) is 4.79 Å². The highest BCUT2D eigenvalue weighted by atomic mass is 19.1. The Hall–Kier alpha value is -1.38. The molecule has 2 nitrogen and oxygen atoms in total. The van der Waals surface area contributed by atoms with Crippen molar-refractivity contribution in [1.82, 2.24) is 5.32 Å². The van der Waals surface area contributed by atoms with Gasteiger partial charge in [0.05, 0.1) is 5.54 Å². The standard InChI is InChI=1S/C14H20FNO/c1-4-5-6-13(17)16-14(2,3)11-7-9-12(15)10-8-11/h7-10H,4-6H2,1-3H3,(H,16,17). The second-order valence-electron chi connectivity index (χ2n) is 4.78. The molecule has 94 valence electrons. The highest BCUT2D eigenvalue weighted by molar-refractivity contribution is 5.76. The lowest BCUT2D eigenvalue weighted by Gasteiger charge is -2.27. The number of amides is 1. The minimum Gasteiger partial charge on any atom is -0.347 e. The van der Waals surface area contributed by atoms with Crippen molar-refractivity contribution in [2.45, 2.75) is 45.6 Å². The number of halogens is 1. The average Bonchev–Trinajstić information content (AvgIpc) is 2.26. The van der Waals surface area contributed by atoms with Gasteiger partial charge in [0.1, 0.15) is 5.82 Å². The van der Waals surface area contributed by atoms with Crippen molar-refractivity contribution in [3.8, 4) is 0 Å². The quantitative estimate of drug-likeness (QED) is 0.835. The molecule has 0 aliphatic heterocycles. The third kappa shape index (κ3) is 4.17. The van der Waals surface area contributed by atoms with E-state index in [2.05, 4.69) is 12.2 Å². The molecule has 1 aromatic rings. The van der Waals surface area contributed by atoms with E-state index >= 15 is 0 Å². The van der Waals surface area contributed by atoms with E-state index in [-0.39, 0.29) is 11.7 Å². The molecule has 0 bridgehead atoms. The van der Waals surface area contributed by atoms with E-state index in [0.717, 1.165) is 18.4 Å². The van der Waals surface area contributed by atoms with Crippen LogP contribution in [0, 0.1) is 5.82 Å². The van der Waals surface area contributed by atoms with Crippen LogP contribution in [0.4, 0.5) is 4.39 Å². The highest BCUT2D eigenvalue weighted by Crippen LogP contribution is 2.20. The minimum absolute atomic E-state index is 0.0428. The van der Waals surface area contributed by atoms with Gasteiger partial charge < -0.3 is 5.32 Å². The summed E-state index contributed by atoms with van der Waals surface area (Å²) in [5.74, 6) is -0.219. The third-order valence-electron chi connectivity index (χ3n) is 2.78. The molecule has 0 heterocycles. The average molecular weight is 237 g/mol. The Morgan fingerprint density at radius 1 is 1.29 bits per heavy atom. The van der Waals surface area contributed by atoms with E-state index in [9.17, 15) is 9.18 Å². The maximum absolute atomic E-state index is 12.8. The van der Waals surface area contributed by atoms with Gasteiger partial charge in [-0.25, -0.2) is 4.39 Å². The fourth-order valence-electron chi connectivity index (χ4n) is 1.69. The molecule has 0 fully saturated rings. The van der Waals surface area contributed by atoms with Crippen LogP contribution in [0.15, 0.2) is 24.3 Å². The van der Waals surface area contributed by atoms with E-state index in [1.54, 1.807) is 12.1 Å². The molecule has 0 saturated carbocycles. The molecular formula is C14H20FNO. The molecule has 0 saturated heterocycles. The molecule has 1 rings (SSSR count). The monoisotopic (exact) mass is 237 g/mol. The van der Waals surface area contributed by atoms with Crippen LogP contribution in [-0.4, -0.2) is 5.91 Å². The predicted octanol–water partition coefficient (Wildman–Crippen LogP) is 3.37. The van der Waals surface area contributed by atoms with Crippen molar-refractivity contribution < 1.29 is 9.18 Å². The Morgan fingerprint density at radius 2 is 1.88 bits per heavy atom. The Balaban J connectivity index is 2.67. The van der Waals surface area contributed by atoms with Crippen LogP contribution >= 0.6 is 0 Å². The zero-order chi connectivity index (χ0) is 12.9. The number of benzene rings is 1. The van der Waals surface area contributed by atoms with E-state index in [0.29, 0.717) is 6.42 Å². The van der Waals surface area contributed by atoms with Gasteiger partial charge in [0.15, 0.2) is 0 Å². The first-order chi connectivity index (χ1) is 7.95. The topological polar surface area (TPSA) is 29.1 Å². The van der Waals surface area contributed by atoms with E-state index in [1.165, 1.54) is 12.1 Å². The van der Waals surface area contributed by atoms with Crippen LogP contribution in [0.25, 0.3) is 0 Å². The Bertz CT molecular complexity index is 370. The Kier molecular flexibility index (Phi) is 4.67. The highest BCUT2D eigenvalue weighted by Gasteiger charge is 2.22. The Labute approximate surface area is 102 Å². The molecule has 17 heavy (non-hydrogen) atoms. The SMILES string of the molecule is CCCCC(=O)NC(C)(C)c1ccc(F)cc1. The second kappa shape index (κ2) is 5.80. The summed E-state index contributed by atoms with van der Waals surface area (Å²) >= 11 is 0. The van der Waals surface area contributed by atoms with Crippen LogP contribution in [0.1, 0.15) is 45.6 Å². The molecule has 0 aromatic heterocycles. The second-order valence-corrected chi connectivity index (χ2v) is 4.78. The maximum Gasteiger partial charge on any atom is 0.220 e. The lowest BCUT2D eigenvalue weighted by Crippen LogP contribution is -2.40. The molecular weight excluding hydrogens is 217 g/mol. The van der Waals surface area contributed by atoms with Gasteiger partial charge in [-0.1, -0.05) is 25.5 Å². The summed E-state index contributed by atoms with van der Waals surface area (Å²) in [5, 5.41) is 2.97. The lowest BCUT2D eigenvalue weighted by molar-refractivity contribution is -0.122. The van der Waals surface area contributed by atoms with Gasteiger partial charge in [-0.2, -0.15) is 0 Å². The summed E-state index contributed by atoms with van der Waals surface area (Å²) in [4.78, 5) is 11.7. The molecule has 3 heteroatoms. The maximum atomic E-state index is 12.8. The van der Waals surface area contributed by atoms with Gasteiger partial charge in [0.25, 0.3) is 0 Å². The van der Waals surface area contributed by atoms with Gasteiger partial charge >= 0.3 is 0 Å². The summed E-state index contributed by atoms with van der Waals surface area (Å²) in [6, 6.07) is 6.23. The summed E-state index contributed by atoms with van der Waals surface area (Å²) in [6.45, 7) is 5.90. The zero-order valence-corrected chi connectivity index (χ0v) is 10.7. The number of hydrogen-bond acceptors (Lipinski definition) is 1. The van der Waals surface area contributed by atoms with E-state index in [1.807, 2.05) is 13.8 Å². The zero-order valence-electron chi connectivity index (χ0n) is 10.7. The minimum atomic E-state index is -0.460. The molecule has 0 aliphatic carbocycles. The van der Waals surface area contributed by atoms with E-state index < -0.39 is 5.54 Å². The normalized spacial score (nSPS) is 11.3. The number of nitrogens with one attached hydrogen (secondary N) is 1. The van der Waals surface area contributed by atoms with Crippen molar-refractivity contribution in [3.05, 3.63) is 35.6 Å². The Morgan fingerprint density at radius 3 is 2.41 bits per heavy atom. The molecule has 0 atom stereocenters. The van der Waals surface area contributed by atoms with Crippen LogP contribution < -0.4 is 5.32 Å². The van der Waals surface area contributed by atoms with Crippen molar-refractivity contribution in [2.24, 2.45) is 0 Å². The smallest absolute Gasteiger partial charge is 0.220 e.